The second-order valence-corrected chi connectivity index (χ2v) is 8.15. The molecule has 0 radical (unpaired) electrons. The van der Waals surface area contributed by atoms with Gasteiger partial charge in [-0.1, -0.05) is 6.07 Å². The van der Waals surface area contributed by atoms with Crippen LogP contribution in [0.5, 0.6) is 0 Å². The van der Waals surface area contributed by atoms with Crippen molar-refractivity contribution < 1.29 is 4.79 Å². The van der Waals surface area contributed by atoms with E-state index in [1.54, 1.807) is 7.05 Å². The second kappa shape index (κ2) is 8.74. The van der Waals surface area contributed by atoms with Crippen LogP contribution in [0.15, 0.2) is 40.7 Å². The molecule has 32 heavy (non-hydrogen) atoms. The second-order valence-electron chi connectivity index (χ2n) is 8.15. The molecule has 1 saturated heterocycles. The maximum atomic E-state index is 11.8. The molecule has 1 aromatic carbocycles. The molecule has 2 aliphatic rings. The predicted octanol–water partition coefficient (Wildman–Crippen LogP) is 2.30. The number of fused-ring (bicyclic) bond motifs is 1. The molecule has 164 valence electrons. The smallest absolute Gasteiger partial charge is 0.317 e. The number of dihydropyridines is 1. The van der Waals surface area contributed by atoms with Crippen molar-refractivity contribution in [3.63, 3.8) is 0 Å². The zero-order valence-corrected chi connectivity index (χ0v) is 18.5. The number of carbonyl (C=O) groups excluding carboxylic acids is 1. The molecule has 0 atom stereocenters. The van der Waals surface area contributed by atoms with E-state index in [9.17, 15) is 15.3 Å². The lowest BCUT2D eigenvalue weighted by Crippen LogP contribution is -2.50. The van der Waals surface area contributed by atoms with E-state index in [-0.39, 0.29) is 6.03 Å². The standard InChI is InChI=1S/C23H26N8O/c1-14-18(11-24)22(19(12-25)15(2)27-14)16-4-5-20-17(10-16)21(29-28-20)13-30-6-8-31(9-7-30)23(32)26-3/h4-5,10,22,27H,6-9,13H2,1-3H3,(H,26,32)(H,28,29). The first-order valence-corrected chi connectivity index (χ1v) is 10.6. The number of urea groups is 1. The van der Waals surface area contributed by atoms with Crippen molar-refractivity contribution in [2.24, 2.45) is 0 Å². The molecule has 0 spiro atoms. The van der Waals surface area contributed by atoms with E-state index in [2.05, 4.69) is 37.9 Å². The summed E-state index contributed by atoms with van der Waals surface area (Å²) in [7, 11) is 1.65. The normalized spacial score (nSPS) is 17.8. The van der Waals surface area contributed by atoms with Crippen LogP contribution in [-0.4, -0.2) is 59.3 Å². The highest BCUT2D eigenvalue weighted by atomic mass is 16.2. The van der Waals surface area contributed by atoms with Crippen molar-refractivity contribution in [2.45, 2.75) is 26.3 Å². The Labute approximate surface area is 187 Å². The molecule has 3 heterocycles. The largest absolute Gasteiger partial charge is 0.361 e. The molecule has 2 amide bonds. The number of piperazine rings is 1. The topological polar surface area (TPSA) is 124 Å². The molecule has 1 aromatic heterocycles. The fourth-order valence-electron chi connectivity index (χ4n) is 4.49. The highest BCUT2D eigenvalue weighted by Gasteiger charge is 2.30. The van der Waals surface area contributed by atoms with Crippen molar-refractivity contribution >= 4 is 16.9 Å². The van der Waals surface area contributed by atoms with Crippen LogP contribution >= 0.6 is 0 Å². The van der Waals surface area contributed by atoms with Crippen LogP contribution in [-0.2, 0) is 6.54 Å². The molecule has 4 rings (SSSR count). The van der Waals surface area contributed by atoms with E-state index in [1.165, 1.54) is 0 Å². The SMILES string of the molecule is CNC(=O)N1CCN(Cc2n[nH]c3ccc(C4C(C#N)=C(C)NC(C)=C4C#N)cc23)CC1. The van der Waals surface area contributed by atoms with Crippen molar-refractivity contribution in [3.05, 3.63) is 52.0 Å². The summed E-state index contributed by atoms with van der Waals surface area (Å²) in [5, 5.41) is 34.0. The molecule has 0 unspecified atom stereocenters. The minimum Gasteiger partial charge on any atom is -0.361 e. The Morgan fingerprint density at radius 2 is 1.81 bits per heavy atom. The van der Waals surface area contributed by atoms with Gasteiger partial charge < -0.3 is 15.5 Å². The fourth-order valence-corrected chi connectivity index (χ4v) is 4.49. The van der Waals surface area contributed by atoms with Gasteiger partial charge in [0, 0.05) is 56.6 Å². The van der Waals surface area contributed by atoms with Gasteiger partial charge in [0.2, 0.25) is 0 Å². The Hall–Kier alpha value is -3.82. The Bertz CT molecular complexity index is 1160. The molecule has 9 heteroatoms. The lowest BCUT2D eigenvalue weighted by molar-refractivity contribution is 0.136. The number of nitrogens with zero attached hydrogens (tertiary/aromatic N) is 5. The first kappa shape index (κ1) is 21.4. The Balaban J connectivity index is 1.62. The summed E-state index contributed by atoms with van der Waals surface area (Å²) in [6.07, 6.45) is 0. The summed E-state index contributed by atoms with van der Waals surface area (Å²) in [5.74, 6) is -0.394. The monoisotopic (exact) mass is 430 g/mol. The highest BCUT2D eigenvalue weighted by Crippen LogP contribution is 2.38. The lowest BCUT2D eigenvalue weighted by atomic mass is 9.81. The molecule has 0 aliphatic carbocycles. The zero-order chi connectivity index (χ0) is 22.8. The number of nitriles is 2. The van der Waals surface area contributed by atoms with Crippen LogP contribution in [0.25, 0.3) is 10.9 Å². The maximum Gasteiger partial charge on any atom is 0.317 e. The molecule has 0 bridgehead atoms. The Kier molecular flexibility index (Phi) is 5.85. The zero-order valence-electron chi connectivity index (χ0n) is 18.5. The van der Waals surface area contributed by atoms with Crippen LogP contribution in [0.1, 0.15) is 31.0 Å². The van der Waals surface area contributed by atoms with Gasteiger partial charge in [0.15, 0.2) is 0 Å². The van der Waals surface area contributed by atoms with Gasteiger partial charge in [-0.25, -0.2) is 4.79 Å². The minimum atomic E-state index is -0.394. The number of allylic oxidation sites excluding steroid dienone is 4. The number of H-pyrrole nitrogens is 1. The Morgan fingerprint density at radius 1 is 1.16 bits per heavy atom. The van der Waals surface area contributed by atoms with E-state index in [1.807, 2.05) is 36.9 Å². The van der Waals surface area contributed by atoms with Crippen LogP contribution in [0.4, 0.5) is 4.79 Å². The number of benzene rings is 1. The van der Waals surface area contributed by atoms with E-state index in [4.69, 9.17) is 0 Å². The number of aromatic nitrogens is 2. The van der Waals surface area contributed by atoms with E-state index < -0.39 is 5.92 Å². The number of carbonyl (C=O) groups is 1. The number of rotatable bonds is 3. The summed E-state index contributed by atoms with van der Waals surface area (Å²) < 4.78 is 0. The van der Waals surface area contributed by atoms with Crippen LogP contribution < -0.4 is 10.6 Å². The van der Waals surface area contributed by atoms with Crippen LogP contribution in [0.3, 0.4) is 0 Å². The summed E-state index contributed by atoms with van der Waals surface area (Å²) in [5.41, 5.74) is 5.40. The first-order chi connectivity index (χ1) is 15.5. The van der Waals surface area contributed by atoms with Gasteiger partial charge in [-0.15, -0.1) is 0 Å². The van der Waals surface area contributed by atoms with Gasteiger partial charge in [-0.05, 0) is 31.5 Å². The lowest BCUT2D eigenvalue weighted by Gasteiger charge is -2.34. The van der Waals surface area contributed by atoms with E-state index in [0.29, 0.717) is 30.8 Å². The number of hydrogen-bond acceptors (Lipinski definition) is 6. The van der Waals surface area contributed by atoms with Crippen molar-refractivity contribution in [1.82, 2.24) is 30.6 Å². The summed E-state index contributed by atoms with van der Waals surface area (Å²) in [6, 6.07) is 10.5. The molecular weight excluding hydrogens is 404 g/mol. The third kappa shape index (κ3) is 3.79. The third-order valence-corrected chi connectivity index (χ3v) is 6.25. The average molecular weight is 431 g/mol. The van der Waals surface area contributed by atoms with Crippen molar-refractivity contribution in [1.29, 1.82) is 10.5 Å². The van der Waals surface area contributed by atoms with E-state index >= 15 is 0 Å². The molecular formula is C23H26N8O. The quantitative estimate of drug-likeness (QED) is 0.686. The molecule has 2 aliphatic heterocycles. The van der Waals surface area contributed by atoms with Gasteiger partial charge in [0.05, 0.1) is 40.4 Å². The average Bonchev–Trinajstić information content (AvgIpc) is 3.20. The van der Waals surface area contributed by atoms with E-state index in [0.717, 1.165) is 46.6 Å². The Morgan fingerprint density at radius 3 is 2.41 bits per heavy atom. The van der Waals surface area contributed by atoms with Gasteiger partial charge in [0.25, 0.3) is 0 Å². The molecule has 0 saturated carbocycles. The van der Waals surface area contributed by atoms with Gasteiger partial charge >= 0.3 is 6.03 Å². The maximum absolute atomic E-state index is 11.8. The molecule has 9 nitrogen and oxygen atoms in total. The molecule has 2 aromatic rings. The van der Waals surface area contributed by atoms with Crippen molar-refractivity contribution in [3.8, 4) is 12.1 Å². The summed E-state index contributed by atoms with van der Waals surface area (Å²) >= 11 is 0. The fraction of sp³-hybridized carbons (Fsp3) is 0.391. The van der Waals surface area contributed by atoms with Gasteiger partial charge in [0.1, 0.15) is 0 Å². The summed E-state index contributed by atoms with van der Waals surface area (Å²) in [4.78, 5) is 15.9. The van der Waals surface area contributed by atoms with Crippen LogP contribution in [0, 0.1) is 22.7 Å². The van der Waals surface area contributed by atoms with Crippen molar-refractivity contribution in [2.75, 3.05) is 33.2 Å². The minimum absolute atomic E-state index is 0.0465. The molecule has 1 fully saturated rings. The molecule has 3 N–H and O–H groups in total. The highest BCUT2D eigenvalue weighted by molar-refractivity contribution is 5.83. The number of hydrogen-bond donors (Lipinski definition) is 3. The third-order valence-electron chi connectivity index (χ3n) is 6.25. The number of nitrogens with one attached hydrogen (secondary N) is 3. The van der Waals surface area contributed by atoms with Gasteiger partial charge in [-0.2, -0.15) is 15.6 Å². The number of aromatic amines is 1. The number of amides is 2. The van der Waals surface area contributed by atoms with Crippen LogP contribution in [0.2, 0.25) is 0 Å². The predicted molar refractivity (Wildman–Crippen MR) is 120 cm³/mol. The first-order valence-electron chi connectivity index (χ1n) is 10.6. The summed E-state index contributed by atoms with van der Waals surface area (Å²) in [6.45, 7) is 7.29. The van der Waals surface area contributed by atoms with Gasteiger partial charge in [-0.3, -0.25) is 10.00 Å².